The molecule has 1 aliphatic rings. The Balaban J connectivity index is 1.59. The Morgan fingerprint density at radius 3 is 2.69 bits per heavy atom. The maximum absolute atomic E-state index is 15.2. The van der Waals surface area contributed by atoms with Crippen molar-refractivity contribution in [3.05, 3.63) is 70.9 Å². The molecular formula is C25H23F4N5OS. The number of imidazole rings is 1. The van der Waals surface area contributed by atoms with E-state index >= 15 is 4.39 Å². The number of benzene rings is 2. The van der Waals surface area contributed by atoms with Crippen molar-refractivity contribution >= 4 is 40.0 Å². The van der Waals surface area contributed by atoms with Crippen LogP contribution in [0.25, 0.3) is 16.6 Å². The highest BCUT2D eigenvalue weighted by Gasteiger charge is 2.38. The molecule has 0 unspecified atom stereocenters. The first kappa shape index (κ1) is 24.4. The van der Waals surface area contributed by atoms with Crippen molar-refractivity contribution in [1.82, 2.24) is 19.3 Å². The summed E-state index contributed by atoms with van der Waals surface area (Å²) in [7, 11) is 1.55. The lowest BCUT2D eigenvalue weighted by Crippen LogP contribution is -2.33. The Kier molecular flexibility index (Phi) is 5.66. The normalized spacial score (nSPS) is 17.7. The van der Waals surface area contributed by atoms with Gasteiger partial charge in [0.1, 0.15) is 17.2 Å². The van der Waals surface area contributed by atoms with Crippen molar-refractivity contribution in [3.8, 4) is 0 Å². The second-order valence-electron chi connectivity index (χ2n) is 9.35. The third-order valence-corrected chi connectivity index (χ3v) is 8.11. The van der Waals surface area contributed by atoms with Gasteiger partial charge in [-0.15, -0.1) is 0 Å². The Morgan fingerprint density at radius 1 is 1.22 bits per heavy atom. The minimum Gasteiger partial charge on any atom is -0.382 e. The standard InChI is InChI=1S/C25H23F4N5OS/c1-24(2)16-8-13(25(27,28)29)4-5-14(16)19(6-7-36-24)33(3)23(35)15-9-20-18(10-17(15)26)32-22(30)21-11-31-12-34(20)21/h4-5,8-12,19H,6-7H2,1-3H3,(H2,30,32)/t19-/m1/s1. The fourth-order valence-corrected chi connectivity index (χ4v) is 5.98. The van der Waals surface area contributed by atoms with Crippen LogP contribution in [0.1, 0.15) is 53.4 Å². The van der Waals surface area contributed by atoms with Gasteiger partial charge in [0.25, 0.3) is 5.91 Å². The molecule has 6 nitrogen and oxygen atoms in total. The summed E-state index contributed by atoms with van der Waals surface area (Å²) in [5.41, 5.74) is 7.43. The highest BCUT2D eigenvalue weighted by atomic mass is 32.2. The predicted octanol–water partition coefficient (Wildman–Crippen LogP) is 5.81. The summed E-state index contributed by atoms with van der Waals surface area (Å²) in [5.74, 6) is -0.546. The third kappa shape index (κ3) is 3.95. The quantitative estimate of drug-likeness (QED) is 0.340. The molecule has 1 amide bonds. The van der Waals surface area contributed by atoms with Gasteiger partial charge in [-0.25, -0.2) is 14.4 Å². The van der Waals surface area contributed by atoms with Crippen LogP contribution in [-0.4, -0.2) is 38.0 Å². The number of carbonyl (C=O) groups is 1. The first-order valence-electron chi connectivity index (χ1n) is 11.2. The van der Waals surface area contributed by atoms with Crippen LogP contribution in [0.4, 0.5) is 23.4 Å². The second kappa shape index (κ2) is 8.36. The predicted molar refractivity (Wildman–Crippen MR) is 131 cm³/mol. The minimum atomic E-state index is -4.48. The number of hydrogen-bond donors (Lipinski definition) is 1. The Morgan fingerprint density at radius 2 is 1.97 bits per heavy atom. The number of thioether (sulfide) groups is 1. The van der Waals surface area contributed by atoms with E-state index in [1.165, 1.54) is 47.4 Å². The number of nitrogen functional groups attached to an aromatic ring is 1. The van der Waals surface area contributed by atoms with Crippen molar-refractivity contribution in [2.75, 3.05) is 18.5 Å². The van der Waals surface area contributed by atoms with Crippen LogP contribution in [0.15, 0.2) is 42.9 Å². The zero-order valence-electron chi connectivity index (χ0n) is 19.7. The molecule has 2 aromatic carbocycles. The molecule has 0 fully saturated rings. The molecule has 4 aromatic rings. The van der Waals surface area contributed by atoms with Crippen molar-refractivity contribution in [3.63, 3.8) is 0 Å². The lowest BCUT2D eigenvalue weighted by atomic mass is 9.88. The monoisotopic (exact) mass is 517 g/mol. The van der Waals surface area contributed by atoms with Crippen LogP contribution in [-0.2, 0) is 10.9 Å². The van der Waals surface area contributed by atoms with Crippen LogP contribution in [0, 0.1) is 5.82 Å². The van der Waals surface area contributed by atoms with Gasteiger partial charge in [-0.05, 0) is 55.3 Å². The van der Waals surface area contributed by atoms with Crippen molar-refractivity contribution in [2.45, 2.75) is 37.2 Å². The number of anilines is 1. The summed E-state index contributed by atoms with van der Waals surface area (Å²) in [4.78, 5) is 23.3. The number of nitrogens with two attached hydrogens (primary N) is 1. The van der Waals surface area contributed by atoms with Gasteiger partial charge in [0.15, 0.2) is 0 Å². The summed E-state index contributed by atoms with van der Waals surface area (Å²) >= 11 is 1.53. The van der Waals surface area contributed by atoms with E-state index in [0.717, 1.165) is 12.1 Å². The molecule has 11 heteroatoms. The van der Waals surface area contributed by atoms with E-state index in [1.807, 2.05) is 13.8 Å². The van der Waals surface area contributed by atoms with Gasteiger partial charge < -0.3 is 10.6 Å². The van der Waals surface area contributed by atoms with Crippen LogP contribution >= 0.6 is 11.8 Å². The SMILES string of the molecule is CN(C(=O)c1cc2c(cc1F)nc(N)c1cncn12)[C@@H]1CCSC(C)(C)c2cc(C(F)(F)F)ccc21. The summed E-state index contributed by atoms with van der Waals surface area (Å²) in [6.45, 7) is 3.75. The molecule has 0 saturated heterocycles. The van der Waals surface area contributed by atoms with Crippen LogP contribution in [0.5, 0.6) is 0 Å². The molecule has 0 aliphatic carbocycles. The summed E-state index contributed by atoms with van der Waals surface area (Å²) in [5, 5.41) is 0. The maximum Gasteiger partial charge on any atom is 0.416 e. The topological polar surface area (TPSA) is 76.5 Å². The highest BCUT2D eigenvalue weighted by Crippen LogP contribution is 2.47. The first-order chi connectivity index (χ1) is 16.9. The Hall–Kier alpha value is -3.34. The van der Waals surface area contributed by atoms with Crippen LogP contribution in [0.2, 0.25) is 0 Å². The summed E-state index contributed by atoms with van der Waals surface area (Å²) < 4.78 is 56.6. The lowest BCUT2D eigenvalue weighted by molar-refractivity contribution is -0.137. The van der Waals surface area contributed by atoms with Crippen LogP contribution < -0.4 is 5.73 Å². The zero-order chi connectivity index (χ0) is 26.0. The van der Waals surface area contributed by atoms with E-state index in [4.69, 9.17) is 5.73 Å². The number of alkyl halides is 3. The fraction of sp³-hybridized carbons (Fsp3) is 0.320. The molecule has 0 spiro atoms. The number of aromatic nitrogens is 3. The van der Waals surface area contributed by atoms with Crippen LogP contribution in [0.3, 0.4) is 0 Å². The van der Waals surface area contributed by atoms with Gasteiger partial charge in [0.2, 0.25) is 0 Å². The number of amides is 1. The molecule has 0 radical (unpaired) electrons. The molecular weight excluding hydrogens is 494 g/mol. The number of hydrogen-bond acceptors (Lipinski definition) is 5. The third-order valence-electron chi connectivity index (χ3n) is 6.73. The largest absolute Gasteiger partial charge is 0.416 e. The zero-order valence-corrected chi connectivity index (χ0v) is 20.5. The van der Waals surface area contributed by atoms with Gasteiger partial charge in [0, 0.05) is 17.9 Å². The highest BCUT2D eigenvalue weighted by molar-refractivity contribution is 8.00. The number of halogens is 4. The molecule has 5 rings (SSSR count). The molecule has 3 heterocycles. The lowest BCUT2D eigenvalue weighted by Gasteiger charge is -2.31. The Bertz CT molecular complexity index is 1510. The second-order valence-corrected chi connectivity index (χ2v) is 11.1. The van der Waals surface area contributed by atoms with Crippen molar-refractivity contribution in [2.24, 2.45) is 0 Å². The molecule has 2 aromatic heterocycles. The van der Waals surface area contributed by atoms with E-state index < -0.39 is 34.3 Å². The van der Waals surface area contributed by atoms with Gasteiger partial charge >= 0.3 is 6.18 Å². The number of fused-ring (bicyclic) bond motifs is 4. The molecule has 36 heavy (non-hydrogen) atoms. The molecule has 0 bridgehead atoms. The van der Waals surface area contributed by atoms with Gasteiger partial charge in [-0.2, -0.15) is 24.9 Å². The minimum absolute atomic E-state index is 0.170. The van der Waals surface area contributed by atoms with Crippen molar-refractivity contribution < 1.29 is 22.4 Å². The van der Waals surface area contributed by atoms with Gasteiger partial charge in [-0.1, -0.05) is 6.07 Å². The summed E-state index contributed by atoms with van der Waals surface area (Å²) in [6.07, 6.45) is -0.947. The average Bonchev–Trinajstić information content (AvgIpc) is 3.26. The molecule has 1 atom stereocenters. The number of nitrogens with zero attached hydrogens (tertiary/aromatic N) is 4. The summed E-state index contributed by atoms with van der Waals surface area (Å²) in [6, 6.07) is 5.69. The van der Waals surface area contributed by atoms with Gasteiger partial charge in [0.05, 0.1) is 40.7 Å². The van der Waals surface area contributed by atoms with E-state index in [2.05, 4.69) is 9.97 Å². The number of rotatable bonds is 2. The molecule has 1 aliphatic heterocycles. The molecule has 2 N–H and O–H groups in total. The van der Waals surface area contributed by atoms with E-state index in [-0.39, 0.29) is 16.9 Å². The van der Waals surface area contributed by atoms with E-state index in [0.29, 0.717) is 34.3 Å². The molecule has 0 saturated carbocycles. The van der Waals surface area contributed by atoms with E-state index in [9.17, 15) is 18.0 Å². The smallest absolute Gasteiger partial charge is 0.382 e. The molecule has 188 valence electrons. The average molecular weight is 518 g/mol. The number of carbonyl (C=O) groups excluding carboxylic acids is 1. The van der Waals surface area contributed by atoms with Crippen molar-refractivity contribution in [1.29, 1.82) is 0 Å². The Labute approximate surface area is 208 Å². The fourth-order valence-electron chi connectivity index (χ4n) is 4.80. The van der Waals surface area contributed by atoms with Gasteiger partial charge in [-0.3, -0.25) is 9.20 Å². The first-order valence-corrected chi connectivity index (χ1v) is 12.2. The maximum atomic E-state index is 15.2. The van der Waals surface area contributed by atoms with E-state index in [1.54, 1.807) is 11.4 Å².